The maximum atomic E-state index is 13.8. The summed E-state index contributed by atoms with van der Waals surface area (Å²) in [5, 5.41) is 0. The molecule has 4 nitrogen and oxygen atoms in total. The van der Waals surface area contributed by atoms with Gasteiger partial charge in [0.2, 0.25) is 5.91 Å². The quantitative estimate of drug-likeness (QED) is 0.775. The van der Waals surface area contributed by atoms with Gasteiger partial charge in [0, 0.05) is 7.11 Å². The molecule has 2 fully saturated rings. The summed E-state index contributed by atoms with van der Waals surface area (Å²) in [5.74, 6) is 0.172. The first-order valence-corrected chi connectivity index (χ1v) is 10.1. The minimum Gasteiger partial charge on any atom is -0.382 e. The molecule has 4 heteroatoms. The first-order chi connectivity index (χ1) is 13.5. The number of rotatable bonds is 5. The molecule has 0 aromatic heterocycles. The number of methoxy groups -OCH3 is 1. The van der Waals surface area contributed by atoms with Gasteiger partial charge in [0.05, 0.1) is 18.1 Å². The van der Waals surface area contributed by atoms with Gasteiger partial charge >= 0.3 is 0 Å². The van der Waals surface area contributed by atoms with Gasteiger partial charge in [-0.3, -0.25) is 4.79 Å². The molecule has 2 aromatic carbocycles. The smallest absolute Gasteiger partial charge is 0.231 e. The molecular formula is C24H29NO3. The van der Waals surface area contributed by atoms with Crippen molar-refractivity contribution in [3.05, 3.63) is 71.8 Å². The highest BCUT2D eigenvalue weighted by molar-refractivity contribution is 5.85. The lowest BCUT2D eigenvalue weighted by atomic mass is 9.73. The Balaban J connectivity index is 1.67. The Hall–Kier alpha value is -2.17. The summed E-state index contributed by atoms with van der Waals surface area (Å²) in [6.07, 6.45) is 2.21. The van der Waals surface area contributed by atoms with E-state index in [1.54, 1.807) is 7.11 Å². The van der Waals surface area contributed by atoms with Crippen molar-refractivity contribution in [1.29, 1.82) is 0 Å². The van der Waals surface area contributed by atoms with E-state index in [2.05, 4.69) is 38.1 Å². The monoisotopic (exact) mass is 379 g/mol. The summed E-state index contributed by atoms with van der Waals surface area (Å²) in [7, 11) is 1.69. The van der Waals surface area contributed by atoms with Crippen LogP contribution in [0.2, 0.25) is 0 Å². The minimum absolute atomic E-state index is 0.125. The normalized spacial score (nSPS) is 32.4. The Morgan fingerprint density at radius 3 is 2.32 bits per heavy atom. The average molecular weight is 380 g/mol. The summed E-state index contributed by atoms with van der Waals surface area (Å²) in [4.78, 5) is 15.8. The lowest BCUT2D eigenvalue weighted by molar-refractivity contribution is -0.175. The SMILES string of the molecule is COC[C@H]1[C@H](c2ccccc2)O[C@]2(C)CC[C@@](C)(Cc3ccccc3)C(=O)N12. The zero-order chi connectivity index (χ0) is 19.8. The third-order valence-corrected chi connectivity index (χ3v) is 6.35. The third-order valence-electron chi connectivity index (χ3n) is 6.35. The van der Waals surface area contributed by atoms with E-state index >= 15 is 0 Å². The Labute approximate surface area is 167 Å². The second kappa shape index (κ2) is 7.34. The number of carbonyl (C=O) groups excluding carboxylic acids is 1. The number of piperidine rings is 1. The van der Waals surface area contributed by atoms with E-state index in [4.69, 9.17) is 9.47 Å². The van der Waals surface area contributed by atoms with Crippen molar-refractivity contribution in [3.8, 4) is 0 Å². The summed E-state index contributed by atoms with van der Waals surface area (Å²) in [5.41, 5.74) is 1.28. The molecule has 1 amide bonds. The summed E-state index contributed by atoms with van der Waals surface area (Å²) < 4.78 is 12.1. The standard InChI is InChI=1S/C24H29NO3/c1-23(16-18-10-6-4-7-11-18)14-15-24(2)25(22(23)26)20(17-27-3)21(28-24)19-12-8-5-9-13-19/h4-13,20-21H,14-17H2,1-3H3/t20-,21-,23-,24+/m0/s1. The first kappa shape index (κ1) is 19.2. The number of hydrogen-bond acceptors (Lipinski definition) is 3. The zero-order valence-corrected chi connectivity index (χ0v) is 16.9. The molecule has 2 aliphatic rings. The van der Waals surface area contributed by atoms with E-state index in [1.807, 2.05) is 41.3 Å². The highest BCUT2D eigenvalue weighted by Gasteiger charge is 2.59. The molecule has 0 aliphatic carbocycles. The third kappa shape index (κ3) is 3.25. The molecule has 2 heterocycles. The van der Waals surface area contributed by atoms with Crippen LogP contribution >= 0.6 is 0 Å². The summed E-state index contributed by atoms with van der Waals surface area (Å²) in [6.45, 7) is 4.61. The second-order valence-corrected chi connectivity index (χ2v) is 8.55. The largest absolute Gasteiger partial charge is 0.382 e. The van der Waals surface area contributed by atoms with Gasteiger partial charge in [-0.15, -0.1) is 0 Å². The second-order valence-electron chi connectivity index (χ2n) is 8.55. The molecule has 2 aromatic rings. The van der Waals surface area contributed by atoms with Crippen molar-refractivity contribution in [2.75, 3.05) is 13.7 Å². The number of fused-ring (bicyclic) bond motifs is 1. The van der Waals surface area contributed by atoms with E-state index in [1.165, 1.54) is 5.56 Å². The van der Waals surface area contributed by atoms with E-state index in [0.717, 1.165) is 24.8 Å². The Morgan fingerprint density at radius 1 is 1.04 bits per heavy atom. The molecular weight excluding hydrogens is 350 g/mol. The summed E-state index contributed by atoms with van der Waals surface area (Å²) in [6, 6.07) is 20.3. The van der Waals surface area contributed by atoms with Gasteiger partial charge in [0.25, 0.3) is 0 Å². The van der Waals surface area contributed by atoms with Crippen molar-refractivity contribution in [1.82, 2.24) is 4.90 Å². The van der Waals surface area contributed by atoms with Crippen molar-refractivity contribution < 1.29 is 14.3 Å². The maximum Gasteiger partial charge on any atom is 0.231 e. The fraction of sp³-hybridized carbons (Fsp3) is 0.458. The van der Waals surface area contributed by atoms with Crippen LogP contribution in [0.3, 0.4) is 0 Å². The number of carbonyl (C=O) groups is 1. The molecule has 148 valence electrons. The minimum atomic E-state index is -0.586. The number of benzene rings is 2. The van der Waals surface area contributed by atoms with E-state index < -0.39 is 11.1 Å². The van der Waals surface area contributed by atoms with Crippen LogP contribution in [-0.4, -0.2) is 36.3 Å². The highest BCUT2D eigenvalue weighted by Crippen LogP contribution is 2.51. The van der Waals surface area contributed by atoms with Gasteiger partial charge in [-0.25, -0.2) is 0 Å². The number of hydrogen-bond donors (Lipinski definition) is 0. The predicted molar refractivity (Wildman–Crippen MR) is 109 cm³/mol. The fourth-order valence-corrected chi connectivity index (χ4v) is 4.82. The number of amides is 1. The molecule has 0 radical (unpaired) electrons. The van der Waals surface area contributed by atoms with Crippen LogP contribution < -0.4 is 0 Å². The molecule has 0 N–H and O–H groups in total. The molecule has 0 unspecified atom stereocenters. The zero-order valence-electron chi connectivity index (χ0n) is 16.9. The molecule has 2 saturated heterocycles. The molecule has 0 saturated carbocycles. The van der Waals surface area contributed by atoms with Crippen LogP contribution in [0.25, 0.3) is 0 Å². The Morgan fingerprint density at radius 2 is 1.68 bits per heavy atom. The van der Waals surface area contributed by atoms with Crippen molar-refractivity contribution in [2.45, 2.75) is 51.0 Å². The molecule has 4 rings (SSSR count). The number of ether oxygens (including phenoxy) is 2. The van der Waals surface area contributed by atoms with Crippen LogP contribution in [-0.2, 0) is 20.7 Å². The van der Waals surface area contributed by atoms with Gasteiger partial charge in [-0.2, -0.15) is 0 Å². The van der Waals surface area contributed by atoms with E-state index in [0.29, 0.717) is 6.61 Å². The van der Waals surface area contributed by atoms with E-state index in [-0.39, 0.29) is 18.1 Å². The van der Waals surface area contributed by atoms with Crippen molar-refractivity contribution >= 4 is 5.91 Å². The predicted octanol–water partition coefficient (Wildman–Crippen LogP) is 4.36. The molecule has 0 bridgehead atoms. The molecule has 28 heavy (non-hydrogen) atoms. The van der Waals surface area contributed by atoms with Crippen LogP contribution in [0.4, 0.5) is 0 Å². The van der Waals surface area contributed by atoms with Crippen molar-refractivity contribution in [2.24, 2.45) is 5.41 Å². The lowest BCUT2D eigenvalue weighted by Gasteiger charge is -2.47. The molecule has 4 atom stereocenters. The Kier molecular flexibility index (Phi) is 5.02. The Bertz CT molecular complexity index is 824. The van der Waals surface area contributed by atoms with Crippen LogP contribution in [0, 0.1) is 5.41 Å². The van der Waals surface area contributed by atoms with Gasteiger partial charge < -0.3 is 14.4 Å². The van der Waals surface area contributed by atoms with Crippen LogP contribution in [0.1, 0.15) is 43.9 Å². The molecule has 0 spiro atoms. The van der Waals surface area contributed by atoms with Gasteiger partial charge in [-0.05, 0) is 37.3 Å². The first-order valence-electron chi connectivity index (χ1n) is 10.1. The topological polar surface area (TPSA) is 38.8 Å². The maximum absolute atomic E-state index is 13.8. The summed E-state index contributed by atoms with van der Waals surface area (Å²) >= 11 is 0. The fourth-order valence-electron chi connectivity index (χ4n) is 4.82. The van der Waals surface area contributed by atoms with Gasteiger partial charge in [0.15, 0.2) is 0 Å². The molecule has 2 aliphatic heterocycles. The van der Waals surface area contributed by atoms with Gasteiger partial charge in [-0.1, -0.05) is 67.6 Å². The average Bonchev–Trinajstić information content (AvgIpc) is 3.00. The van der Waals surface area contributed by atoms with E-state index in [9.17, 15) is 4.79 Å². The number of nitrogens with zero attached hydrogens (tertiary/aromatic N) is 1. The lowest BCUT2D eigenvalue weighted by Crippen LogP contribution is -2.60. The van der Waals surface area contributed by atoms with Crippen LogP contribution in [0.15, 0.2) is 60.7 Å². The van der Waals surface area contributed by atoms with Gasteiger partial charge in [0.1, 0.15) is 11.8 Å². The highest BCUT2D eigenvalue weighted by atomic mass is 16.6. The van der Waals surface area contributed by atoms with Crippen molar-refractivity contribution in [3.63, 3.8) is 0 Å². The van der Waals surface area contributed by atoms with Crippen LogP contribution in [0.5, 0.6) is 0 Å².